The van der Waals surface area contributed by atoms with E-state index in [1.165, 1.54) is 18.5 Å². The molecule has 0 saturated heterocycles. The standard InChI is InChI=1S/C20H19N5O4S2/c1-3-14-5-4-6-16(9-14)25-20-11-19(23-13-24-20)22-12-15-10-17(31(21,28)29)7-8-18(15)30(2,26)27/h1,4-11,13H,12H2,2H3,(H2,21,28,29)(H2,22,23,24,25). The first-order valence-electron chi connectivity index (χ1n) is 8.82. The van der Waals surface area contributed by atoms with E-state index in [2.05, 4.69) is 26.5 Å². The van der Waals surface area contributed by atoms with Crippen molar-refractivity contribution in [2.75, 3.05) is 16.9 Å². The Morgan fingerprint density at radius 3 is 2.45 bits per heavy atom. The monoisotopic (exact) mass is 457 g/mol. The van der Waals surface area contributed by atoms with Crippen LogP contribution in [0.15, 0.2) is 64.6 Å². The molecule has 9 nitrogen and oxygen atoms in total. The first-order valence-corrected chi connectivity index (χ1v) is 12.3. The minimum absolute atomic E-state index is 0.00516. The number of hydrogen-bond donors (Lipinski definition) is 3. The van der Waals surface area contributed by atoms with Gasteiger partial charge in [0.15, 0.2) is 9.84 Å². The molecule has 31 heavy (non-hydrogen) atoms. The maximum absolute atomic E-state index is 12.1. The molecule has 11 heteroatoms. The summed E-state index contributed by atoms with van der Waals surface area (Å²) >= 11 is 0. The van der Waals surface area contributed by atoms with Gasteiger partial charge in [0.1, 0.15) is 18.0 Å². The van der Waals surface area contributed by atoms with E-state index in [9.17, 15) is 16.8 Å². The van der Waals surface area contributed by atoms with Crippen LogP contribution >= 0.6 is 0 Å². The van der Waals surface area contributed by atoms with Gasteiger partial charge >= 0.3 is 0 Å². The number of rotatable bonds is 7. The lowest BCUT2D eigenvalue weighted by Crippen LogP contribution is -2.15. The summed E-state index contributed by atoms with van der Waals surface area (Å²) in [5.74, 6) is 3.42. The Labute approximate surface area is 180 Å². The van der Waals surface area contributed by atoms with Gasteiger partial charge in [0.2, 0.25) is 10.0 Å². The Kier molecular flexibility index (Phi) is 6.26. The number of nitrogens with zero attached hydrogens (tertiary/aromatic N) is 2. The fourth-order valence-electron chi connectivity index (χ4n) is 2.78. The summed E-state index contributed by atoms with van der Waals surface area (Å²) in [5.41, 5.74) is 1.68. The fourth-order valence-corrected chi connectivity index (χ4v) is 4.26. The van der Waals surface area contributed by atoms with Crippen LogP contribution in [0.5, 0.6) is 0 Å². The Balaban J connectivity index is 1.84. The van der Waals surface area contributed by atoms with E-state index in [4.69, 9.17) is 11.6 Å². The van der Waals surface area contributed by atoms with Crippen LogP contribution in [0, 0.1) is 12.3 Å². The minimum Gasteiger partial charge on any atom is -0.366 e. The van der Waals surface area contributed by atoms with Gasteiger partial charge in [-0.1, -0.05) is 12.0 Å². The first kappa shape index (κ1) is 22.2. The third-order valence-electron chi connectivity index (χ3n) is 4.19. The smallest absolute Gasteiger partial charge is 0.238 e. The Morgan fingerprint density at radius 1 is 1.03 bits per heavy atom. The Morgan fingerprint density at radius 2 is 1.77 bits per heavy atom. The van der Waals surface area contributed by atoms with Crippen molar-refractivity contribution in [2.45, 2.75) is 16.3 Å². The Hall–Kier alpha value is -3.46. The van der Waals surface area contributed by atoms with Crippen molar-refractivity contribution in [3.63, 3.8) is 0 Å². The van der Waals surface area contributed by atoms with Crippen LogP contribution < -0.4 is 15.8 Å². The van der Waals surface area contributed by atoms with Crippen molar-refractivity contribution < 1.29 is 16.8 Å². The van der Waals surface area contributed by atoms with Crippen molar-refractivity contribution in [2.24, 2.45) is 5.14 Å². The molecule has 2 aromatic carbocycles. The van der Waals surface area contributed by atoms with Crippen molar-refractivity contribution in [3.05, 3.63) is 66.0 Å². The van der Waals surface area contributed by atoms with E-state index < -0.39 is 19.9 Å². The van der Waals surface area contributed by atoms with Gasteiger partial charge in [0, 0.05) is 30.1 Å². The number of primary sulfonamides is 1. The Bertz CT molecular complexity index is 1380. The van der Waals surface area contributed by atoms with Gasteiger partial charge in [0.25, 0.3) is 0 Å². The summed E-state index contributed by atoms with van der Waals surface area (Å²) in [7, 11) is -7.58. The lowest BCUT2D eigenvalue weighted by Gasteiger charge is -2.12. The molecule has 1 aromatic heterocycles. The van der Waals surface area contributed by atoms with E-state index in [1.807, 2.05) is 12.1 Å². The molecule has 0 fully saturated rings. The minimum atomic E-state index is -3.99. The number of hydrogen-bond acceptors (Lipinski definition) is 8. The lowest BCUT2D eigenvalue weighted by molar-refractivity contribution is 0.594. The molecule has 0 aliphatic heterocycles. The zero-order valence-electron chi connectivity index (χ0n) is 16.4. The largest absolute Gasteiger partial charge is 0.366 e. The highest BCUT2D eigenvalue weighted by Crippen LogP contribution is 2.22. The summed E-state index contributed by atoms with van der Waals surface area (Å²) in [5, 5.41) is 11.2. The molecule has 0 amide bonds. The number of sulfone groups is 1. The number of terminal acetylenes is 1. The van der Waals surface area contributed by atoms with Gasteiger partial charge in [-0.3, -0.25) is 0 Å². The predicted octanol–water partition coefficient (Wildman–Crippen LogP) is 1.86. The molecule has 0 bridgehead atoms. The van der Waals surface area contributed by atoms with Crippen LogP contribution in [0.1, 0.15) is 11.1 Å². The summed E-state index contributed by atoms with van der Waals surface area (Å²) < 4.78 is 47.5. The molecule has 0 aliphatic carbocycles. The topological polar surface area (TPSA) is 144 Å². The SMILES string of the molecule is C#Cc1cccc(Nc2cc(NCc3cc(S(N)(=O)=O)ccc3S(C)(=O)=O)ncn2)c1. The lowest BCUT2D eigenvalue weighted by atomic mass is 10.2. The number of aromatic nitrogens is 2. The van der Waals surface area contributed by atoms with Crippen LogP contribution in [0.3, 0.4) is 0 Å². The van der Waals surface area contributed by atoms with Gasteiger partial charge in [0.05, 0.1) is 9.79 Å². The number of nitrogens with one attached hydrogen (secondary N) is 2. The van der Waals surface area contributed by atoms with Crippen LogP contribution in [0.25, 0.3) is 0 Å². The van der Waals surface area contributed by atoms with Crippen LogP contribution in [0.4, 0.5) is 17.3 Å². The van der Waals surface area contributed by atoms with Gasteiger partial charge in [-0.05, 0) is 42.0 Å². The molecule has 0 saturated carbocycles. The molecular weight excluding hydrogens is 438 g/mol. The summed E-state index contributed by atoms with van der Waals surface area (Å²) in [6.07, 6.45) is 7.78. The van der Waals surface area contributed by atoms with Crippen molar-refractivity contribution in [1.29, 1.82) is 0 Å². The fraction of sp³-hybridized carbons (Fsp3) is 0.100. The zero-order chi connectivity index (χ0) is 22.6. The molecule has 0 spiro atoms. The molecular formula is C20H19N5O4S2. The van der Waals surface area contributed by atoms with Gasteiger partial charge in [-0.25, -0.2) is 31.9 Å². The second kappa shape index (κ2) is 8.73. The second-order valence-electron chi connectivity index (χ2n) is 6.58. The van der Waals surface area contributed by atoms with Crippen LogP contribution in [-0.4, -0.2) is 33.1 Å². The zero-order valence-corrected chi connectivity index (χ0v) is 18.0. The first-order chi connectivity index (χ1) is 14.6. The molecule has 4 N–H and O–H groups in total. The normalized spacial score (nSPS) is 11.5. The third kappa shape index (κ3) is 5.79. The number of anilines is 3. The molecule has 3 rings (SSSR count). The van der Waals surface area contributed by atoms with Crippen molar-refractivity contribution in [3.8, 4) is 12.3 Å². The molecule has 0 radical (unpaired) electrons. The number of nitrogens with two attached hydrogens (primary N) is 1. The molecule has 3 aromatic rings. The van der Waals surface area contributed by atoms with E-state index >= 15 is 0 Å². The van der Waals surface area contributed by atoms with E-state index in [-0.39, 0.29) is 21.9 Å². The molecule has 0 atom stereocenters. The highest BCUT2D eigenvalue weighted by molar-refractivity contribution is 7.90. The van der Waals surface area contributed by atoms with Gasteiger partial charge in [-0.15, -0.1) is 6.42 Å². The van der Waals surface area contributed by atoms with Crippen molar-refractivity contribution >= 4 is 37.2 Å². The number of sulfonamides is 1. The maximum atomic E-state index is 12.1. The predicted molar refractivity (Wildman–Crippen MR) is 118 cm³/mol. The number of benzene rings is 2. The summed E-state index contributed by atoms with van der Waals surface area (Å²) in [6, 6.07) is 12.4. The molecule has 0 unspecified atom stereocenters. The highest BCUT2D eigenvalue weighted by atomic mass is 32.2. The molecule has 0 aliphatic rings. The van der Waals surface area contributed by atoms with Crippen molar-refractivity contribution in [1.82, 2.24) is 9.97 Å². The van der Waals surface area contributed by atoms with Crippen LogP contribution in [-0.2, 0) is 26.4 Å². The average Bonchev–Trinajstić information content (AvgIpc) is 2.71. The second-order valence-corrected chi connectivity index (χ2v) is 10.1. The van der Waals surface area contributed by atoms with Gasteiger partial charge < -0.3 is 10.6 Å². The molecule has 1 heterocycles. The van der Waals surface area contributed by atoms with E-state index in [0.29, 0.717) is 17.2 Å². The quantitative estimate of drug-likeness (QED) is 0.456. The third-order valence-corrected chi connectivity index (χ3v) is 6.30. The van der Waals surface area contributed by atoms with Gasteiger partial charge in [-0.2, -0.15) is 0 Å². The summed E-state index contributed by atoms with van der Waals surface area (Å²) in [6.45, 7) is -0.00516. The van der Waals surface area contributed by atoms with Crippen LogP contribution in [0.2, 0.25) is 0 Å². The van der Waals surface area contributed by atoms with E-state index in [0.717, 1.165) is 18.0 Å². The highest BCUT2D eigenvalue weighted by Gasteiger charge is 2.17. The summed E-state index contributed by atoms with van der Waals surface area (Å²) in [4.78, 5) is 8.06. The average molecular weight is 458 g/mol. The van der Waals surface area contributed by atoms with E-state index in [1.54, 1.807) is 18.2 Å². The maximum Gasteiger partial charge on any atom is 0.238 e. The molecule has 160 valence electrons.